The Morgan fingerprint density at radius 2 is 1.00 bits per heavy atom. The van der Waals surface area contributed by atoms with E-state index in [1.165, 1.54) is 83.5 Å². The first kappa shape index (κ1) is 50.7. The van der Waals surface area contributed by atoms with Crippen LogP contribution in [0, 0.1) is 0 Å². The van der Waals surface area contributed by atoms with E-state index in [2.05, 4.69) is 80.7 Å². The Labute approximate surface area is 325 Å². The summed E-state index contributed by atoms with van der Waals surface area (Å²) in [5.41, 5.74) is 0. The van der Waals surface area contributed by atoms with Crippen LogP contribution < -0.4 is 0 Å². The van der Waals surface area contributed by atoms with Crippen molar-refractivity contribution in [1.82, 2.24) is 0 Å². The molecule has 0 radical (unpaired) electrons. The first-order chi connectivity index (χ1) is 25.9. The van der Waals surface area contributed by atoms with E-state index in [9.17, 15) is 14.3 Å². The molecule has 1 unspecified atom stereocenters. The monoisotopic (exact) mass is 761 g/mol. The van der Waals surface area contributed by atoms with Crippen LogP contribution in [-0.2, 0) is 27.9 Å². The third-order valence-corrected chi connectivity index (χ3v) is 9.34. The minimum atomic E-state index is -4.22. The lowest BCUT2D eigenvalue weighted by atomic mass is 10.0. The second kappa shape index (κ2) is 40.9. The average Bonchev–Trinajstić information content (AvgIpc) is 3.14. The van der Waals surface area contributed by atoms with E-state index in [1.54, 1.807) is 6.92 Å². The van der Waals surface area contributed by atoms with Crippen LogP contribution in [0.3, 0.4) is 0 Å². The normalized spacial score (nSPS) is 14.4. The van der Waals surface area contributed by atoms with Crippen LogP contribution in [-0.4, -0.2) is 43.4 Å². The van der Waals surface area contributed by atoms with Crippen LogP contribution >= 0.6 is 7.82 Å². The predicted octanol–water partition coefficient (Wildman–Crippen LogP) is 13.6. The van der Waals surface area contributed by atoms with Crippen molar-refractivity contribution in [3.63, 3.8) is 0 Å². The molecule has 0 aromatic rings. The Hall–Kier alpha value is -2.28. The highest BCUT2D eigenvalue weighted by atomic mass is 31.2. The van der Waals surface area contributed by atoms with Gasteiger partial charge in [0.2, 0.25) is 0 Å². The molecular formula is C45H77O7P. The van der Waals surface area contributed by atoms with Gasteiger partial charge in [-0.05, 0) is 64.7 Å². The number of carbonyl (C=O) groups excluding carboxylic acids is 1. The Balaban J connectivity index is 4.18. The van der Waals surface area contributed by atoms with Crippen LogP contribution in [0.1, 0.15) is 162 Å². The molecule has 0 aromatic heterocycles. The maximum Gasteiger partial charge on any atom is 0.472 e. The summed E-state index contributed by atoms with van der Waals surface area (Å²) in [6, 6.07) is 0. The molecule has 304 valence electrons. The Morgan fingerprint density at radius 3 is 1.49 bits per heavy atom. The second-order valence-corrected chi connectivity index (χ2v) is 14.7. The van der Waals surface area contributed by atoms with Crippen molar-refractivity contribution in [2.75, 3.05) is 26.4 Å². The van der Waals surface area contributed by atoms with Gasteiger partial charge >= 0.3 is 13.8 Å². The first-order valence-electron chi connectivity index (χ1n) is 20.9. The van der Waals surface area contributed by atoms with Gasteiger partial charge in [-0.2, -0.15) is 0 Å². The van der Waals surface area contributed by atoms with Gasteiger partial charge in [0.25, 0.3) is 0 Å². The fourth-order valence-corrected chi connectivity index (χ4v) is 6.07. The topological polar surface area (TPSA) is 91.3 Å². The van der Waals surface area contributed by atoms with Crippen molar-refractivity contribution in [3.8, 4) is 0 Å². The summed E-state index contributed by atoms with van der Waals surface area (Å²) in [5.74, 6) is -0.413. The van der Waals surface area contributed by atoms with Crippen molar-refractivity contribution in [2.24, 2.45) is 0 Å². The van der Waals surface area contributed by atoms with Crippen LogP contribution in [0.2, 0.25) is 0 Å². The fraction of sp³-hybridized carbons (Fsp3) is 0.667. The molecule has 7 nitrogen and oxygen atoms in total. The summed E-state index contributed by atoms with van der Waals surface area (Å²) in [5, 5.41) is 0. The van der Waals surface area contributed by atoms with Gasteiger partial charge < -0.3 is 14.4 Å². The smallest absolute Gasteiger partial charge is 0.457 e. The maximum absolute atomic E-state index is 12.5. The van der Waals surface area contributed by atoms with Crippen molar-refractivity contribution < 1.29 is 32.8 Å². The second-order valence-electron chi connectivity index (χ2n) is 13.3. The number of rotatable bonds is 38. The third kappa shape index (κ3) is 40.7. The summed E-state index contributed by atoms with van der Waals surface area (Å²) in [6.07, 6.45) is 53.9. The van der Waals surface area contributed by atoms with Gasteiger partial charge in [0.15, 0.2) is 0 Å². The SMILES string of the molecule is CC/C=C\C/C=C\C/C=C\C/C=C\C/C=C\C/C=C\CCC(=O)O[C@H](COC/C=C/CCCCCCCCCCCCCCC)COP(=O)(O)OCC. The highest BCUT2D eigenvalue weighted by Crippen LogP contribution is 2.43. The van der Waals surface area contributed by atoms with E-state index in [-0.39, 0.29) is 26.2 Å². The number of allylic oxidation sites excluding steroid dienone is 13. The van der Waals surface area contributed by atoms with E-state index < -0.39 is 19.9 Å². The number of phosphoric acid groups is 1. The quantitative estimate of drug-likeness (QED) is 0.0290. The van der Waals surface area contributed by atoms with E-state index in [4.69, 9.17) is 18.5 Å². The molecule has 0 rings (SSSR count). The molecule has 1 N–H and O–H groups in total. The lowest BCUT2D eigenvalue weighted by Crippen LogP contribution is -2.28. The van der Waals surface area contributed by atoms with Gasteiger partial charge in [-0.25, -0.2) is 4.57 Å². The summed E-state index contributed by atoms with van der Waals surface area (Å²) >= 11 is 0. The molecule has 0 spiro atoms. The number of hydrogen-bond acceptors (Lipinski definition) is 6. The van der Waals surface area contributed by atoms with E-state index in [1.807, 2.05) is 18.2 Å². The zero-order valence-corrected chi connectivity index (χ0v) is 34.8. The highest BCUT2D eigenvalue weighted by Gasteiger charge is 2.24. The molecule has 0 amide bonds. The van der Waals surface area contributed by atoms with Crippen LogP contribution in [0.15, 0.2) is 85.1 Å². The Morgan fingerprint density at radius 1 is 0.547 bits per heavy atom. The van der Waals surface area contributed by atoms with Gasteiger partial charge in [-0.3, -0.25) is 13.8 Å². The Bertz CT molecular complexity index is 1070. The van der Waals surface area contributed by atoms with Crippen molar-refractivity contribution >= 4 is 13.8 Å². The van der Waals surface area contributed by atoms with Crippen molar-refractivity contribution in [2.45, 2.75) is 168 Å². The molecule has 0 aromatic carbocycles. The number of ether oxygens (including phenoxy) is 2. The molecule has 0 heterocycles. The van der Waals surface area contributed by atoms with Crippen LogP contribution in [0.25, 0.3) is 0 Å². The van der Waals surface area contributed by atoms with Gasteiger partial charge in [0.1, 0.15) is 6.10 Å². The first-order valence-corrected chi connectivity index (χ1v) is 22.4. The lowest BCUT2D eigenvalue weighted by Gasteiger charge is -2.19. The minimum Gasteiger partial charge on any atom is -0.457 e. The van der Waals surface area contributed by atoms with Gasteiger partial charge in [-0.15, -0.1) is 0 Å². The lowest BCUT2D eigenvalue weighted by molar-refractivity contribution is -0.154. The molecule has 0 aliphatic carbocycles. The highest BCUT2D eigenvalue weighted by molar-refractivity contribution is 7.47. The number of esters is 1. The molecule has 2 atom stereocenters. The van der Waals surface area contributed by atoms with Gasteiger partial charge in [-0.1, -0.05) is 176 Å². The van der Waals surface area contributed by atoms with Crippen LogP contribution in [0.4, 0.5) is 0 Å². The summed E-state index contributed by atoms with van der Waals surface area (Å²) in [6.45, 7) is 6.18. The number of carbonyl (C=O) groups is 1. The van der Waals surface area contributed by atoms with Gasteiger partial charge in [0.05, 0.1) is 26.4 Å². The molecule has 0 saturated carbocycles. The molecule has 0 saturated heterocycles. The number of phosphoric ester groups is 1. The molecule has 0 bridgehead atoms. The summed E-state index contributed by atoms with van der Waals surface area (Å²) < 4.78 is 33.0. The number of unbranched alkanes of at least 4 members (excludes halogenated alkanes) is 13. The minimum absolute atomic E-state index is 0.0325. The van der Waals surface area contributed by atoms with Crippen molar-refractivity contribution in [1.29, 1.82) is 0 Å². The fourth-order valence-electron chi connectivity index (χ4n) is 5.31. The molecule has 0 fully saturated rings. The van der Waals surface area contributed by atoms with Crippen molar-refractivity contribution in [3.05, 3.63) is 85.1 Å². The van der Waals surface area contributed by atoms with Gasteiger partial charge in [0, 0.05) is 6.42 Å². The summed E-state index contributed by atoms with van der Waals surface area (Å²) in [7, 11) is -4.22. The summed E-state index contributed by atoms with van der Waals surface area (Å²) in [4.78, 5) is 22.3. The predicted molar refractivity (Wildman–Crippen MR) is 225 cm³/mol. The van der Waals surface area contributed by atoms with E-state index in [0.29, 0.717) is 13.0 Å². The molecule has 53 heavy (non-hydrogen) atoms. The zero-order chi connectivity index (χ0) is 38.8. The molecule has 8 heteroatoms. The largest absolute Gasteiger partial charge is 0.472 e. The third-order valence-electron chi connectivity index (χ3n) is 8.28. The molecular weight excluding hydrogens is 683 g/mol. The van der Waals surface area contributed by atoms with E-state index in [0.717, 1.165) is 44.9 Å². The van der Waals surface area contributed by atoms with Crippen LogP contribution in [0.5, 0.6) is 0 Å². The molecule has 0 aliphatic rings. The maximum atomic E-state index is 12.5. The number of hydrogen-bond donors (Lipinski definition) is 1. The Kier molecular flexibility index (Phi) is 39.1. The molecule has 0 aliphatic heterocycles. The van der Waals surface area contributed by atoms with E-state index >= 15 is 0 Å². The zero-order valence-electron chi connectivity index (χ0n) is 33.9. The average molecular weight is 761 g/mol. The standard InChI is InChI=1S/C45H77O7P/c1-4-7-9-11-13-15-17-19-21-23-24-25-26-28-30-32-34-36-38-40-45(46)52-44(43-51-53(47,48)50-6-3)42-49-41-39-37-35-33-31-29-27-22-20-18-16-14-12-10-8-5-2/h7,9,13,15,19,21,24-25,28,30,34,36-37,39,44H,4-6,8,10-12,14,16-18,20,22-23,26-27,29,31-33,35,38,40-43H2,1-3H3,(H,47,48)/b9-7-,15-13-,21-19-,25-24-,30-28-,36-34-,39-37+/t44-/m1/s1.